The van der Waals surface area contributed by atoms with Crippen LogP contribution in [0.3, 0.4) is 0 Å². The van der Waals surface area contributed by atoms with Gasteiger partial charge in [-0.25, -0.2) is 4.98 Å². The molecule has 0 bridgehead atoms. The Morgan fingerprint density at radius 3 is 2.50 bits per heavy atom. The molecule has 0 saturated heterocycles. The van der Waals surface area contributed by atoms with E-state index in [9.17, 15) is 9.59 Å². The molecule has 3 rings (SSSR count). The minimum atomic E-state index is -0.811. The minimum Gasteiger partial charge on any atom is -0.487 e. The smallest absolute Gasteiger partial charge is 0.304 e. The van der Waals surface area contributed by atoms with Gasteiger partial charge in [-0.15, -0.1) is 34.9 Å². The SMILES string of the molecule is CN(C)C(=O)CCSC(SCCC(=O)O)c1cccc(OCc2csc(-c3ccccc3)n2)c1. The van der Waals surface area contributed by atoms with E-state index in [-0.39, 0.29) is 16.9 Å². The van der Waals surface area contributed by atoms with Gasteiger partial charge in [-0.1, -0.05) is 42.5 Å². The highest BCUT2D eigenvalue weighted by atomic mass is 32.2. The lowest BCUT2D eigenvalue weighted by atomic mass is 10.2. The standard InChI is InChI=1S/C25H28N2O4S3/c1-27(2)22(28)11-13-32-25(33-14-12-23(29)30)19-9-6-10-21(15-19)31-16-20-17-34-24(26-20)18-7-4-3-5-8-18/h3-10,15,17,25H,11-14,16H2,1-2H3,(H,29,30). The first-order chi connectivity index (χ1) is 16.4. The molecule has 1 atom stereocenters. The van der Waals surface area contributed by atoms with E-state index in [1.54, 1.807) is 53.9 Å². The molecule has 34 heavy (non-hydrogen) atoms. The Balaban J connectivity index is 1.62. The predicted molar refractivity (Wildman–Crippen MR) is 142 cm³/mol. The number of carbonyl (C=O) groups is 2. The number of carboxylic acid groups (broad SMARTS) is 1. The molecule has 1 N–H and O–H groups in total. The van der Waals surface area contributed by atoms with Crippen molar-refractivity contribution in [1.82, 2.24) is 9.88 Å². The Hall–Kier alpha value is -2.49. The molecule has 1 amide bonds. The fourth-order valence-corrected chi connectivity index (χ4v) is 6.43. The van der Waals surface area contributed by atoms with Gasteiger partial charge < -0.3 is 14.7 Å². The fraction of sp³-hybridized carbons (Fsp3) is 0.320. The first-order valence-corrected chi connectivity index (χ1v) is 13.8. The lowest BCUT2D eigenvalue weighted by Gasteiger charge is -2.18. The van der Waals surface area contributed by atoms with Gasteiger partial charge in [-0.05, 0) is 17.7 Å². The van der Waals surface area contributed by atoms with E-state index in [1.807, 2.05) is 60.0 Å². The number of carboxylic acids is 1. The van der Waals surface area contributed by atoms with Crippen molar-refractivity contribution in [2.45, 2.75) is 24.0 Å². The van der Waals surface area contributed by atoms with Crippen LogP contribution in [0.15, 0.2) is 60.0 Å². The van der Waals surface area contributed by atoms with Crippen LogP contribution in [0.5, 0.6) is 5.75 Å². The molecule has 1 heterocycles. The Morgan fingerprint density at radius 1 is 1.06 bits per heavy atom. The quantitative estimate of drug-likeness (QED) is 0.287. The third-order valence-corrected chi connectivity index (χ3v) is 8.54. The summed E-state index contributed by atoms with van der Waals surface area (Å²) in [5, 5.41) is 12.0. The molecule has 0 aliphatic rings. The summed E-state index contributed by atoms with van der Waals surface area (Å²) < 4.78 is 6.04. The van der Waals surface area contributed by atoms with Gasteiger partial charge in [-0.3, -0.25) is 9.59 Å². The van der Waals surface area contributed by atoms with Crippen LogP contribution in [0.2, 0.25) is 0 Å². The summed E-state index contributed by atoms with van der Waals surface area (Å²) in [5.41, 5.74) is 3.00. The zero-order chi connectivity index (χ0) is 24.3. The molecule has 1 unspecified atom stereocenters. The van der Waals surface area contributed by atoms with Crippen LogP contribution in [0.25, 0.3) is 10.6 Å². The van der Waals surface area contributed by atoms with Gasteiger partial charge >= 0.3 is 5.97 Å². The first kappa shape index (κ1) is 26.1. The average molecular weight is 517 g/mol. The summed E-state index contributed by atoms with van der Waals surface area (Å²) in [6.45, 7) is 0.369. The topological polar surface area (TPSA) is 79.7 Å². The number of thioether (sulfide) groups is 2. The summed E-state index contributed by atoms with van der Waals surface area (Å²) in [4.78, 5) is 29.2. The first-order valence-electron chi connectivity index (χ1n) is 10.8. The summed E-state index contributed by atoms with van der Waals surface area (Å²) >= 11 is 4.82. The number of carbonyl (C=O) groups excluding carboxylic acids is 1. The van der Waals surface area contributed by atoms with Crippen LogP contribution >= 0.6 is 34.9 Å². The number of thiazole rings is 1. The van der Waals surface area contributed by atoms with Gasteiger partial charge in [0.1, 0.15) is 17.4 Å². The number of aromatic nitrogens is 1. The molecule has 180 valence electrons. The zero-order valence-corrected chi connectivity index (χ0v) is 21.6. The third kappa shape index (κ3) is 8.38. The maximum Gasteiger partial charge on any atom is 0.304 e. The van der Waals surface area contributed by atoms with Crippen molar-refractivity contribution >= 4 is 46.7 Å². The van der Waals surface area contributed by atoms with Gasteiger partial charge in [0, 0.05) is 43.0 Å². The van der Waals surface area contributed by atoms with Crippen molar-refractivity contribution < 1.29 is 19.4 Å². The number of hydrogen-bond acceptors (Lipinski definition) is 7. The molecule has 6 nitrogen and oxygen atoms in total. The highest BCUT2D eigenvalue weighted by molar-refractivity contribution is 8.16. The van der Waals surface area contributed by atoms with Crippen LogP contribution in [-0.4, -0.2) is 52.5 Å². The van der Waals surface area contributed by atoms with Crippen LogP contribution < -0.4 is 4.74 Å². The maximum absolute atomic E-state index is 11.9. The van der Waals surface area contributed by atoms with Crippen LogP contribution in [0.1, 0.15) is 28.7 Å². The molecule has 9 heteroatoms. The summed E-state index contributed by atoms with van der Waals surface area (Å²) in [6, 6.07) is 17.9. The summed E-state index contributed by atoms with van der Waals surface area (Å²) in [6.07, 6.45) is 0.541. The van der Waals surface area contributed by atoms with Crippen LogP contribution in [0.4, 0.5) is 0 Å². The molecule has 2 aromatic carbocycles. The maximum atomic E-state index is 11.9. The van der Waals surface area contributed by atoms with Crippen molar-refractivity contribution in [3.8, 4) is 16.3 Å². The van der Waals surface area contributed by atoms with Gasteiger partial charge in [0.05, 0.1) is 16.7 Å². The molecule has 3 aromatic rings. The minimum absolute atomic E-state index is 0.0156. The number of aliphatic carboxylic acids is 1. The Kier molecular flexibility index (Phi) is 10.3. The lowest BCUT2D eigenvalue weighted by Crippen LogP contribution is -2.21. The van der Waals surface area contributed by atoms with Gasteiger partial charge in [0.15, 0.2) is 0 Å². The number of benzene rings is 2. The highest BCUT2D eigenvalue weighted by Gasteiger charge is 2.16. The molecular formula is C25H28N2O4S3. The van der Waals surface area contributed by atoms with Gasteiger partial charge in [-0.2, -0.15) is 0 Å². The Morgan fingerprint density at radius 2 is 1.79 bits per heavy atom. The second-order valence-electron chi connectivity index (χ2n) is 7.63. The summed E-state index contributed by atoms with van der Waals surface area (Å²) in [5.74, 6) is 1.17. The van der Waals surface area contributed by atoms with Crippen molar-refractivity contribution in [2.75, 3.05) is 25.6 Å². The van der Waals surface area contributed by atoms with Gasteiger partial charge in [0.2, 0.25) is 5.91 Å². The summed E-state index contributed by atoms with van der Waals surface area (Å²) in [7, 11) is 3.50. The molecule has 1 aromatic heterocycles. The second kappa shape index (κ2) is 13.4. The van der Waals surface area contributed by atoms with E-state index in [0.717, 1.165) is 27.6 Å². The van der Waals surface area contributed by atoms with Crippen molar-refractivity contribution in [2.24, 2.45) is 0 Å². The number of nitrogens with zero attached hydrogens (tertiary/aromatic N) is 2. The molecule has 0 saturated carbocycles. The van der Waals surface area contributed by atoms with Crippen molar-refractivity contribution in [3.63, 3.8) is 0 Å². The normalized spacial score (nSPS) is 11.7. The molecule has 0 spiro atoms. The Labute approximate surface area is 212 Å². The van der Waals surface area contributed by atoms with E-state index >= 15 is 0 Å². The number of amides is 1. The molecule has 0 aliphatic carbocycles. The largest absolute Gasteiger partial charge is 0.487 e. The van der Waals surface area contributed by atoms with E-state index in [2.05, 4.69) is 4.98 Å². The van der Waals surface area contributed by atoms with E-state index < -0.39 is 5.97 Å². The number of hydrogen-bond donors (Lipinski definition) is 1. The average Bonchev–Trinajstić information content (AvgIpc) is 3.31. The zero-order valence-electron chi connectivity index (χ0n) is 19.2. The highest BCUT2D eigenvalue weighted by Crippen LogP contribution is 2.41. The number of ether oxygens (including phenoxy) is 1. The molecular weight excluding hydrogens is 488 g/mol. The van der Waals surface area contributed by atoms with Gasteiger partial charge in [0.25, 0.3) is 0 Å². The lowest BCUT2D eigenvalue weighted by molar-refractivity contribution is -0.136. The van der Waals surface area contributed by atoms with Crippen LogP contribution in [-0.2, 0) is 16.2 Å². The second-order valence-corrected chi connectivity index (χ2v) is 11.2. The number of rotatable bonds is 13. The Bertz CT molecular complexity index is 1070. The monoisotopic (exact) mass is 516 g/mol. The molecule has 0 aliphatic heterocycles. The third-order valence-electron chi connectivity index (χ3n) is 4.76. The van der Waals surface area contributed by atoms with Crippen molar-refractivity contribution in [1.29, 1.82) is 0 Å². The predicted octanol–water partition coefficient (Wildman–Crippen LogP) is 5.81. The molecule has 0 radical (unpaired) electrons. The van der Waals surface area contributed by atoms with E-state index in [0.29, 0.717) is 24.5 Å². The fourth-order valence-electron chi connectivity index (χ4n) is 2.97. The van der Waals surface area contributed by atoms with E-state index in [4.69, 9.17) is 9.84 Å². The molecule has 0 fully saturated rings. The van der Waals surface area contributed by atoms with E-state index in [1.165, 1.54) is 0 Å². The van der Waals surface area contributed by atoms with Crippen LogP contribution in [0, 0.1) is 0 Å². The van der Waals surface area contributed by atoms with Crippen molar-refractivity contribution in [3.05, 3.63) is 71.2 Å².